The predicted octanol–water partition coefficient (Wildman–Crippen LogP) is 1.12. The highest BCUT2D eigenvalue weighted by atomic mass is 16.6. The second kappa shape index (κ2) is 7.05. The van der Waals surface area contributed by atoms with E-state index >= 15 is 0 Å². The first kappa shape index (κ1) is 15.9. The van der Waals surface area contributed by atoms with Crippen LogP contribution in [0, 0.1) is 17.0 Å². The number of rotatable bonds is 5. The van der Waals surface area contributed by atoms with Gasteiger partial charge in [0.2, 0.25) is 11.8 Å². The van der Waals surface area contributed by atoms with Crippen LogP contribution in [0.3, 0.4) is 0 Å². The van der Waals surface area contributed by atoms with Crippen molar-refractivity contribution in [2.24, 2.45) is 0 Å². The second-order valence-electron chi connectivity index (χ2n) is 5.68. The Labute approximate surface area is 134 Å². The van der Waals surface area contributed by atoms with Crippen molar-refractivity contribution in [3.8, 4) is 0 Å². The quantitative estimate of drug-likeness (QED) is 0.635. The summed E-state index contributed by atoms with van der Waals surface area (Å²) in [7, 11) is 0. The van der Waals surface area contributed by atoms with Gasteiger partial charge in [-0.3, -0.25) is 10.1 Å². The molecule has 3 rings (SSSR count). The Balaban J connectivity index is 1.82. The zero-order valence-electron chi connectivity index (χ0n) is 13.2. The van der Waals surface area contributed by atoms with Crippen molar-refractivity contribution < 1.29 is 14.4 Å². The molecule has 0 saturated carbocycles. The molecule has 0 aliphatic carbocycles. The van der Waals surface area contributed by atoms with E-state index in [9.17, 15) is 10.1 Å². The molecule has 3 heterocycles. The molecule has 0 bridgehead atoms. The predicted molar refractivity (Wildman–Crippen MR) is 83.9 cm³/mol. The van der Waals surface area contributed by atoms with E-state index in [2.05, 4.69) is 15.3 Å². The van der Waals surface area contributed by atoms with Gasteiger partial charge in [0.1, 0.15) is 5.69 Å². The molecule has 0 amide bonds. The van der Waals surface area contributed by atoms with Gasteiger partial charge in [0, 0.05) is 26.2 Å². The second-order valence-corrected chi connectivity index (χ2v) is 5.68. The molecule has 0 spiro atoms. The van der Waals surface area contributed by atoms with Crippen LogP contribution in [0.2, 0.25) is 0 Å². The summed E-state index contributed by atoms with van der Waals surface area (Å²) in [6.07, 6.45) is 2.22. The van der Waals surface area contributed by atoms with Crippen molar-refractivity contribution in [3.05, 3.63) is 15.8 Å². The molecule has 1 atom stereocenters. The molecule has 0 unspecified atom stereocenters. The number of ether oxygens (including phenoxy) is 2. The van der Waals surface area contributed by atoms with Gasteiger partial charge >= 0.3 is 5.69 Å². The van der Waals surface area contributed by atoms with Crippen molar-refractivity contribution in [2.45, 2.75) is 25.9 Å². The maximum Gasteiger partial charge on any atom is 0.332 e. The summed E-state index contributed by atoms with van der Waals surface area (Å²) in [4.78, 5) is 21.5. The summed E-state index contributed by atoms with van der Waals surface area (Å²) in [6, 6.07) is 0. The summed E-state index contributed by atoms with van der Waals surface area (Å²) in [6.45, 7) is 5.29. The third-order valence-corrected chi connectivity index (χ3v) is 4.04. The van der Waals surface area contributed by atoms with Gasteiger partial charge in [-0.2, -0.15) is 4.98 Å². The van der Waals surface area contributed by atoms with E-state index in [0.717, 1.165) is 19.4 Å². The maximum absolute atomic E-state index is 11.4. The normalized spacial score (nSPS) is 21.4. The molecule has 2 aliphatic heterocycles. The van der Waals surface area contributed by atoms with Crippen LogP contribution in [0.1, 0.15) is 18.5 Å². The topological polar surface area (TPSA) is 103 Å². The van der Waals surface area contributed by atoms with Crippen LogP contribution >= 0.6 is 0 Å². The first-order valence-corrected chi connectivity index (χ1v) is 7.86. The molecule has 1 aromatic rings. The van der Waals surface area contributed by atoms with Gasteiger partial charge in [-0.25, -0.2) is 4.98 Å². The Morgan fingerprint density at radius 3 is 2.78 bits per heavy atom. The first-order valence-electron chi connectivity index (χ1n) is 7.86. The van der Waals surface area contributed by atoms with Crippen LogP contribution in [0.5, 0.6) is 0 Å². The van der Waals surface area contributed by atoms with Crippen LogP contribution in [0.15, 0.2) is 0 Å². The molecule has 1 N–H and O–H groups in total. The third kappa shape index (κ3) is 3.67. The maximum atomic E-state index is 11.4. The van der Waals surface area contributed by atoms with Gasteiger partial charge in [-0.1, -0.05) is 0 Å². The number of nitrogens with one attached hydrogen (secondary N) is 1. The minimum absolute atomic E-state index is 0.0328. The highest BCUT2D eigenvalue weighted by Gasteiger charge is 2.28. The zero-order valence-corrected chi connectivity index (χ0v) is 13.2. The van der Waals surface area contributed by atoms with Gasteiger partial charge in [-0.15, -0.1) is 0 Å². The van der Waals surface area contributed by atoms with E-state index in [0.29, 0.717) is 50.3 Å². The minimum Gasteiger partial charge on any atom is -0.378 e. The van der Waals surface area contributed by atoms with E-state index in [1.54, 1.807) is 6.92 Å². The van der Waals surface area contributed by atoms with Crippen molar-refractivity contribution in [1.29, 1.82) is 0 Å². The van der Waals surface area contributed by atoms with Crippen molar-refractivity contribution in [1.82, 2.24) is 9.97 Å². The number of aryl methyl sites for hydroxylation is 1. The third-order valence-electron chi connectivity index (χ3n) is 4.04. The molecule has 23 heavy (non-hydrogen) atoms. The summed E-state index contributed by atoms with van der Waals surface area (Å²) in [5.41, 5.74) is 0.330. The fraction of sp³-hybridized carbons (Fsp3) is 0.714. The fourth-order valence-corrected chi connectivity index (χ4v) is 2.85. The highest BCUT2D eigenvalue weighted by Crippen LogP contribution is 2.30. The molecule has 9 heteroatoms. The molecule has 126 valence electrons. The molecular formula is C14H21N5O4. The van der Waals surface area contributed by atoms with Crippen molar-refractivity contribution in [2.75, 3.05) is 49.7 Å². The number of nitro groups is 1. The standard InChI is InChI=1S/C14H21N5O4/c1-10-12(19(20)21)13(18-4-7-22-8-5-18)17-14(16-10)15-9-11-3-2-6-23-11/h11H,2-9H2,1H3,(H,15,16,17)/t11-/m0/s1. The Morgan fingerprint density at radius 1 is 1.35 bits per heavy atom. The molecule has 1 aromatic heterocycles. The number of morpholine rings is 1. The smallest absolute Gasteiger partial charge is 0.332 e. The summed E-state index contributed by atoms with van der Waals surface area (Å²) in [5.74, 6) is 0.769. The SMILES string of the molecule is Cc1nc(NC[C@@H]2CCCO2)nc(N2CCOCC2)c1[N+](=O)[O-]. The van der Waals surface area contributed by atoms with Crippen LogP contribution in [0.25, 0.3) is 0 Å². The number of hydrogen-bond donors (Lipinski definition) is 1. The summed E-state index contributed by atoms with van der Waals surface area (Å²) >= 11 is 0. The van der Waals surface area contributed by atoms with Crippen LogP contribution in [-0.4, -0.2) is 60.5 Å². The van der Waals surface area contributed by atoms with Crippen molar-refractivity contribution >= 4 is 17.5 Å². The van der Waals surface area contributed by atoms with Crippen LogP contribution < -0.4 is 10.2 Å². The molecule has 0 aromatic carbocycles. The van der Waals surface area contributed by atoms with Gasteiger partial charge in [0.25, 0.3) is 0 Å². The molecule has 2 fully saturated rings. The van der Waals surface area contributed by atoms with E-state index in [4.69, 9.17) is 9.47 Å². The lowest BCUT2D eigenvalue weighted by Gasteiger charge is -2.27. The summed E-state index contributed by atoms with van der Waals surface area (Å²) in [5, 5.41) is 14.5. The Hall–Kier alpha value is -2.00. The minimum atomic E-state index is -0.413. The average Bonchev–Trinajstić information content (AvgIpc) is 3.06. The van der Waals surface area contributed by atoms with E-state index in [-0.39, 0.29) is 11.8 Å². The lowest BCUT2D eigenvalue weighted by Crippen LogP contribution is -2.37. The number of aromatic nitrogens is 2. The molecular weight excluding hydrogens is 302 g/mol. The Kier molecular flexibility index (Phi) is 4.87. The monoisotopic (exact) mass is 323 g/mol. The number of hydrogen-bond acceptors (Lipinski definition) is 8. The van der Waals surface area contributed by atoms with Gasteiger partial charge in [0.15, 0.2) is 0 Å². The Morgan fingerprint density at radius 2 is 2.13 bits per heavy atom. The molecule has 2 aliphatic rings. The molecule has 2 saturated heterocycles. The van der Waals surface area contributed by atoms with Gasteiger partial charge in [0.05, 0.1) is 24.2 Å². The Bertz CT molecular complexity index is 571. The van der Waals surface area contributed by atoms with Crippen LogP contribution in [0.4, 0.5) is 17.5 Å². The van der Waals surface area contributed by atoms with Crippen molar-refractivity contribution in [3.63, 3.8) is 0 Å². The number of nitrogens with zero attached hydrogens (tertiary/aromatic N) is 4. The largest absolute Gasteiger partial charge is 0.378 e. The first-order chi connectivity index (χ1) is 11.1. The lowest BCUT2D eigenvalue weighted by molar-refractivity contribution is -0.385. The average molecular weight is 323 g/mol. The van der Waals surface area contributed by atoms with E-state index in [1.807, 2.05) is 4.90 Å². The molecule has 0 radical (unpaired) electrons. The zero-order chi connectivity index (χ0) is 16.2. The molecule has 9 nitrogen and oxygen atoms in total. The van der Waals surface area contributed by atoms with E-state index in [1.165, 1.54) is 0 Å². The van der Waals surface area contributed by atoms with Gasteiger partial charge < -0.3 is 19.7 Å². The highest BCUT2D eigenvalue weighted by molar-refractivity contribution is 5.62. The van der Waals surface area contributed by atoms with E-state index < -0.39 is 4.92 Å². The fourth-order valence-electron chi connectivity index (χ4n) is 2.85. The van der Waals surface area contributed by atoms with Crippen LogP contribution in [-0.2, 0) is 9.47 Å². The van der Waals surface area contributed by atoms with Gasteiger partial charge in [-0.05, 0) is 19.8 Å². The number of anilines is 2. The lowest BCUT2D eigenvalue weighted by atomic mass is 10.2. The summed E-state index contributed by atoms with van der Waals surface area (Å²) < 4.78 is 10.9.